The van der Waals surface area contributed by atoms with Gasteiger partial charge in [0.25, 0.3) is 0 Å². The van der Waals surface area contributed by atoms with E-state index in [9.17, 15) is 18.3 Å². The van der Waals surface area contributed by atoms with Gasteiger partial charge in [-0.3, -0.25) is 4.79 Å². The summed E-state index contributed by atoms with van der Waals surface area (Å²) in [5, 5.41) is 9.34. The average Bonchev–Trinajstić information content (AvgIpc) is 2.60. The van der Waals surface area contributed by atoms with E-state index in [1.807, 2.05) is 0 Å². The van der Waals surface area contributed by atoms with Crippen molar-refractivity contribution in [1.82, 2.24) is 0 Å². The van der Waals surface area contributed by atoms with Crippen LogP contribution in [0.5, 0.6) is 0 Å². The third kappa shape index (κ3) is 1.96. The zero-order chi connectivity index (χ0) is 11.8. The van der Waals surface area contributed by atoms with E-state index in [0.29, 0.717) is 25.9 Å². The van der Waals surface area contributed by atoms with Crippen molar-refractivity contribution in [3.8, 4) is 0 Å². The lowest BCUT2D eigenvalue weighted by atomic mass is 9.71. The van der Waals surface area contributed by atoms with Crippen LogP contribution in [0.3, 0.4) is 0 Å². The van der Waals surface area contributed by atoms with Crippen LogP contribution in [0.15, 0.2) is 0 Å². The molecule has 2 rings (SSSR count). The van der Waals surface area contributed by atoms with Gasteiger partial charge in [-0.2, -0.15) is 0 Å². The molecular weight excluding hydrogens is 232 g/mol. The van der Waals surface area contributed by atoms with Crippen molar-refractivity contribution in [2.24, 2.45) is 11.3 Å². The van der Waals surface area contributed by atoms with Crippen molar-refractivity contribution in [3.05, 3.63) is 0 Å². The van der Waals surface area contributed by atoms with Crippen molar-refractivity contribution >= 4 is 15.8 Å². The number of rotatable bonds is 2. The Hall–Kier alpha value is -0.620. The topological polar surface area (TPSA) is 80.7 Å². The Bertz CT molecular complexity index is 380. The molecule has 2 aliphatic rings. The van der Waals surface area contributed by atoms with Crippen LogP contribution in [-0.2, 0) is 19.4 Å². The monoisotopic (exact) mass is 248 g/mol. The molecule has 0 spiro atoms. The van der Waals surface area contributed by atoms with E-state index in [-0.39, 0.29) is 24.0 Å². The largest absolute Gasteiger partial charge is 0.481 e. The fourth-order valence-electron chi connectivity index (χ4n) is 2.71. The van der Waals surface area contributed by atoms with Crippen LogP contribution in [0.25, 0.3) is 0 Å². The van der Waals surface area contributed by atoms with Gasteiger partial charge in [-0.05, 0) is 25.2 Å². The predicted molar refractivity (Wildman–Crippen MR) is 56.9 cm³/mol. The number of carboxylic acids is 1. The highest BCUT2D eigenvalue weighted by Crippen LogP contribution is 2.42. The molecule has 2 atom stereocenters. The molecule has 1 N–H and O–H groups in total. The molecule has 0 radical (unpaired) electrons. The van der Waals surface area contributed by atoms with Gasteiger partial charge < -0.3 is 9.84 Å². The van der Waals surface area contributed by atoms with Gasteiger partial charge in [-0.15, -0.1) is 0 Å². The quantitative estimate of drug-likeness (QED) is 0.760. The molecule has 0 saturated carbocycles. The van der Waals surface area contributed by atoms with E-state index in [4.69, 9.17) is 4.74 Å². The zero-order valence-corrected chi connectivity index (χ0v) is 9.83. The number of sulfone groups is 1. The fraction of sp³-hybridized carbons (Fsp3) is 0.900. The molecule has 16 heavy (non-hydrogen) atoms. The summed E-state index contributed by atoms with van der Waals surface area (Å²) >= 11 is 0. The lowest BCUT2D eigenvalue weighted by Crippen LogP contribution is -2.46. The van der Waals surface area contributed by atoms with Gasteiger partial charge in [-0.25, -0.2) is 8.42 Å². The van der Waals surface area contributed by atoms with Crippen molar-refractivity contribution in [2.45, 2.75) is 19.3 Å². The van der Waals surface area contributed by atoms with Gasteiger partial charge in [-0.1, -0.05) is 0 Å². The summed E-state index contributed by atoms with van der Waals surface area (Å²) in [4.78, 5) is 11.4. The molecule has 2 aliphatic heterocycles. The minimum Gasteiger partial charge on any atom is -0.481 e. The SMILES string of the molecule is O=C(O)C1(C2CCS(=O)(=O)C2)CCCOC1. The molecule has 0 bridgehead atoms. The molecule has 0 aromatic rings. The van der Waals surface area contributed by atoms with Crippen molar-refractivity contribution in [3.63, 3.8) is 0 Å². The van der Waals surface area contributed by atoms with Crippen molar-refractivity contribution in [1.29, 1.82) is 0 Å². The molecule has 2 fully saturated rings. The highest BCUT2D eigenvalue weighted by molar-refractivity contribution is 7.91. The smallest absolute Gasteiger partial charge is 0.312 e. The Morgan fingerprint density at radius 3 is 2.62 bits per heavy atom. The summed E-state index contributed by atoms with van der Waals surface area (Å²) in [7, 11) is -3.04. The Morgan fingerprint density at radius 1 is 1.44 bits per heavy atom. The molecule has 0 amide bonds. The molecule has 5 nitrogen and oxygen atoms in total. The maximum atomic E-state index is 11.4. The molecule has 92 valence electrons. The normalized spacial score (nSPS) is 38.4. The summed E-state index contributed by atoms with van der Waals surface area (Å²) in [5.74, 6) is -1.07. The first-order chi connectivity index (χ1) is 7.46. The summed E-state index contributed by atoms with van der Waals surface area (Å²) in [6.07, 6.45) is 1.68. The van der Waals surface area contributed by atoms with E-state index in [0.717, 1.165) is 0 Å². The number of hydrogen-bond donors (Lipinski definition) is 1. The first-order valence-electron chi connectivity index (χ1n) is 5.48. The molecule has 0 aromatic carbocycles. The maximum absolute atomic E-state index is 11.4. The van der Waals surface area contributed by atoms with Crippen LogP contribution in [0.4, 0.5) is 0 Å². The van der Waals surface area contributed by atoms with Crippen LogP contribution in [0.2, 0.25) is 0 Å². The minimum atomic E-state index is -3.04. The van der Waals surface area contributed by atoms with E-state index in [1.54, 1.807) is 0 Å². The van der Waals surface area contributed by atoms with E-state index in [2.05, 4.69) is 0 Å². The van der Waals surface area contributed by atoms with Gasteiger partial charge in [0.05, 0.1) is 23.5 Å². The number of aliphatic carboxylic acids is 1. The summed E-state index contributed by atoms with van der Waals surface area (Å²) in [5.41, 5.74) is -0.970. The number of ether oxygens (including phenoxy) is 1. The molecule has 2 unspecified atom stereocenters. The Morgan fingerprint density at radius 2 is 2.19 bits per heavy atom. The van der Waals surface area contributed by atoms with Crippen LogP contribution in [0, 0.1) is 11.3 Å². The summed E-state index contributed by atoms with van der Waals surface area (Å²) in [6.45, 7) is 0.733. The number of carboxylic acid groups (broad SMARTS) is 1. The van der Waals surface area contributed by atoms with E-state index >= 15 is 0 Å². The minimum absolute atomic E-state index is 0.00264. The number of carbonyl (C=O) groups is 1. The Balaban J connectivity index is 2.23. The second-order valence-corrected chi connectivity index (χ2v) is 6.95. The first-order valence-corrected chi connectivity index (χ1v) is 7.30. The molecule has 6 heteroatoms. The standard InChI is InChI=1S/C10H16O5S/c11-9(12)10(3-1-4-15-7-10)8-2-5-16(13,14)6-8/h8H,1-7H2,(H,11,12). The van der Waals surface area contributed by atoms with Crippen LogP contribution < -0.4 is 0 Å². The average molecular weight is 248 g/mol. The summed E-state index contributed by atoms with van der Waals surface area (Å²) < 4.78 is 28.1. The second kappa shape index (κ2) is 4.00. The van der Waals surface area contributed by atoms with Gasteiger partial charge in [0.1, 0.15) is 0 Å². The molecule has 2 heterocycles. The molecule has 0 aliphatic carbocycles. The van der Waals surface area contributed by atoms with Gasteiger partial charge in [0.2, 0.25) is 0 Å². The highest BCUT2D eigenvalue weighted by atomic mass is 32.2. The fourth-order valence-corrected chi connectivity index (χ4v) is 4.62. The third-order valence-corrected chi connectivity index (χ3v) is 5.48. The first kappa shape index (κ1) is 11.9. The van der Waals surface area contributed by atoms with Crippen LogP contribution in [0.1, 0.15) is 19.3 Å². The maximum Gasteiger partial charge on any atom is 0.312 e. The van der Waals surface area contributed by atoms with Crippen molar-refractivity contribution in [2.75, 3.05) is 24.7 Å². The second-order valence-electron chi connectivity index (χ2n) is 4.72. The zero-order valence-electron chi connectivity index (χ0n) is 9.02. The van der Waals surface area contributed by atoms with Crippen LogP contribution in [-0.4, -0.2) is 44.2 Å². The lowest BCUT2D eigenvalue weighted by Gasteiger charge is -2.37. The number of hydrogen-bond acceptors (Lipinski definition) is 4. The van der Waals surface area contributed by atoms with E-state index < -0.39 is 21.2 Å². The molecule has 2 saturated heterocycles. The van der Waals surface area contributed by atoms with Gasteiger partial charge >= 0.3 is 5.97 Å². The van der Waals surface area contributed by atoms with Gasteiger partial charge in [0.15, 0.2) is 9.84 Å². The van der Waals surface area contributed by atoms with E-state index in [1.165, 1.54) is 0 Å². The van der Waals surface area contributed by atoms with Gasteiger partial charge in [0, 0.05) is 6.61 Å². The Kier molecular flexibility index (Phi) is 2.96. The van der Waals surface area contributed by atoms with Crippen molar-refractivity contribution < 1.29 is 23.1 Å². The summed E-state index contributed by atoms with van der Waals surface area (Å²) in [6, 6.07) is 0. The highest BCUT2D eigenvalue weighted by Gasteiger charge is 2.51. The lowest BCUT2D eigenvalue weighted by molar-refractivity contribution is -0.162. The molecular formula is C10H16O5S. The molecule has 0 aromatic heterocycles. The Labute approximate surface area is 94.7 Å². The third-order valence-electron chi connectivity index (χ3n) is 3.71. The van der Waals surface area contributed by atoms with Crippen LogP contribution >= 0.6 is 0 Å². The predicted octanol–water partition coefficient (Wildman–Crippen LogP) is 0.302.